The standard InChI is InChI=1S/C15H20F3N3O/c1-9(2)20-3-4-21-11(8-20)6-13(22)12-5-10(15(16,17)18)7-19-14(12)21/h5,7,9,11,13,22H,3-4,6,8H2,1-2H3/t11-,13-/m0/s1. The van der Waals surface area contributed by atoms with Crippen molar-refractivity contribution < 1.29 is 18.3 Å². The number of aliphatic hydroxyl groups excluding tert-OH is 1. The summed E-state index contributed by atoms with van der Waals surface area (Å²) in [6.07, 6.45) is -4.02. The third-order valence-corrected chi connectivity index (χ3v) is 4.59. The van der Waals surface area contributed by atoms with Gasteiger partial charge in [-0.25, -0.2) is 4.98 Å². The van der Waals surface area contributed by atoms with Gasteiger partial charge in [0.2, 0.25) is 0 Å². The van der Waals surface area contributed by atoms with Crippen LogP contribution in [0.3, 0.4) is 0 Å². The average Bonchev–Trinajstić information content (AvgIpc) is 2.45. The molecule has 4 nitrogen and oxygen atoms in total. The van der Waals surface area contributed by atoms with Gasteiger partial charge in [0, 0.05) is 43.5 Å². The van der Waals surface area contributed by atoms with Crippen LogP contribution in [-0.4, -0.2) is 46.7 Å². The molecule has 1 aromatic heterocycles. The molecule has 0 spiro atoms. The number of anilines is 1. The van der Waals surface area contributed by atoms with E-state index in [0.29, 0.717) is 23.8 Å². The summed E-state index contributed by atoms with van der Waals surface area (Å²) in [5.41, 5.74) is -0.506. The van der Waals surface area contributed by atoms with Crippen LogP contribution in [-0.2, 0) is 6.18 Å². The molecule has 1 aromatic rings. The first-order chi connectivity index (χ1) is 10.3. The molecule has 0 unspecified atom stereocenters. The summed E-state index contributed by atoms with van der Waals surface area (Å²) in [5.74, 6) is 0.500. The minimum Gasteiger partial charge on any atom is -0.388 e. The zero-order chi connectivity index (χ0) is 16.1. The van der Waals surface area contributed by atoms with E-state index >= 15 is 0 Å². The third kappa shape index (κ3) is 2.67. The maximum atomic E-state index is 12.8. The van der Waals surface area contributed by atoms with Crippen LogP contribution in [0, 0.1) is 0 Å². The molecule has 0 bridgehead atoms. The van der Waals surface area contributed by atoms with Gasteiger partial charge in [0.05, 0.1) is 11.7 Å². The summed E-state index contributed by atoms with van der Waals surface area (Å²) < 4.78 is 38.4. The minimum absolute atomic E-state index is 0.0999. The lowest BCUT2D eigenvalue weighted by Gasteiger charge is -2.47. The Kier molecular flexibility index (Phi) is 3.81. The van der Waals surface area contributed by atoms with Crippen LogP contribution in [0.25, 0.3) is 0 Å². The van der Waals surface area contributed by atoms with Crippen molar-refractivity contribution in [3.63, 3.8) is 0 Å². The van der Waals surface area contributed by atoms with Gasteiger partial charge in [-0.2, -0.15) is 13.2 Å². The van der Waals surface area contributed by atoms with Crippen molar-refractivity contribution in [2.45, 2.75) is 44.6 Å². The van der Waals surface area contributed by atoms with Crippen LogP contribution in [0.5, 0.6) is 0 Å². The second-order valence-electron chi connectivity index (χ2n) is 6.32. The molecule has 7 heteroatoms. The fourth-order valence-corrected chi connectivity index (χ4v) is 3.33. The SMILES string of the molecule is CC(C)N1CCN2c3ncc(C(F)(F)F)cc3[C@@H](O)C[C@H]2C1. The lowest BCUT2D eigenvalue weighted by molar-refractivity contribution is -0.137. The fraction of sp³-hybridized carbons (Fsp3) is 0.667. The van der Waals surface area contributed by atoms with Crippen LogP contribution >= 0.6 is 0 Å². The lowest BCUT2D eigenvalue weighted by Crippen LogP contribution is -2.57. The van der Waals surface area contributed by atoms with Crippen LogP contribution in [0.4, 0.5) is 19.0 Å². The third-order valence-electron chi connectivity index (χ3n) is 4.59. The molecule has 0 amide bonds. The minimum atomic E-state index is -4.44. The average molecular weight is 315 g/mol. The maximum Gasteiger partial charge on any atom is 0.417 e. The second-order valence-corrected chi connectivity index (χ2v) is 6.32. The van der Waals surface area contributed by atoms with E-state index in [1.165, 1.54) is 0 Å². The van der Waals surface area contributed by atoms with E-state index in [9.17, 15) is 18.3 Å². The van der Waals surface area contributed by atoms with Gasteiger partial charge in [0.15, 0.2) is 0 Å². The van der Waals surface area contributed by atoms with Crippen molar-refractivity contribution >= 4 is 5.82 Å². The van der Waals surface area contributed by atoms with Gasteiger partial charge in [0.1, 0.15) is 5.82 Å². The highest BCUT2D eigenvalue weighted by Crippen LogP contribution is 2.40. The summed E-state index contributed by atoms with van der Waals surface area (Å²) in [5, 5.41) is 10.3. The van der Waals surface area contributed by atoms with Crippen molar-refractivity contribution in [3.8, 4) is 0 Å². The Hall–Kier alpha value is -1.34. The predicted octanol–water partition coefficient (Wildman–Crippen LogP) is 2.44. The largest absolute Gasteiger partial charge is 0.417 e. The molecule has 0 aliphatic carbocycles. The highest BCUT2D eigenvalue weighted by molar-refractivity contribution is 5.53. The first-order valence-electron chi connectivity index (χ1n) is 7.53. The lowest BCUT2D eigenvalue weighted by atomic mass is 9.92. The Labute approximate surface area is 127 Å². The molecule has 1 fully saturated rings. The van der Waals surface area contributed by atoms with E-state index in [2.05, 4.69) is 23.7 Å². The molecule has 2 aliphatic heterocycles. The number of hydrogen-bond donors (Lipinski definition) is 1. The molecule has 0 aromatic carbocycles. The first-order valence-corrected chi connectivity index (χ1v) is 7.53. The summed E-state index contributed by atoms with van der Waals surface area (Å²) in [4.78, 5) is 8.38. The summed E-state index contributed by atoms with van der Waals surface area (Å²) in [6, 6.07) is 1.56. The summed E-state index contributed by atoms with van der Waals surface area (Å²) >= 11 is 0. The van der Waals surface area contributed by atoms with Crippen molar-refractivity contribution in [1.29, 1.82) is 0 Å². The number of pyridine rings is 1. The van der Waals surface area contributed by atoms with Crippen molar-refractivity contribution in [3.05, 3.63) is 23.4 Å². The number of halogens is 3. The Morgan fingerprint density at radius 2 is 2.05 bits per heavy atom. The molecular formula is C15H20F3N3O. The predicted molar refractivity (Wildman–Crippen MR) is 76.7 cm³/mol. The van der Waals surface area contributed by atoms with E-state index < -0.39 is 17.8 Å². The number of alkyl halides is 3. The number of rotatable bonds is 1. The summed E-state index contributed by atoms with van der Waals surface area (Å²) in [7, 11) is 0. The second kappa shape index (κ2) is 5.38. The first kappa shape index (κ1) is 15.6. The Bertz CT molecular complexity index is 561. The van der Waals surface area contributed by atoms with Gasteiger partial charge >= 0.3 is 6.18 Å². The molecule has 1 saturated heterocycles. The Morgan fingerprint density at radius 3 is 2.68 bits per heavy atom. The molecule has 3 rings (SSSR count). The highest BCUT2D eigenvalue weighted by atomic mass is 19.4. The molecular weight excluding hydrogens is 295 g/mol. The van der Waals surface area contributed by atoms with Gasteiger partial charge in [-0.1, -0.05) is 0 Å². The van der Waals surface area contributed by atoms with Crippen LogP contribution in [0.15, 0.2) is 12.3 Å². The molecule has 1 N–H and O–H groups in total. The fourth-order valence-electron chi connectivity index (χ4n) is 3.33. The van der Waals surface area contributed by atoms with Crippen LogP contribution in [0.2, 0.25) is 0 Å². The van der Waals surface area contributed by atoms with Gasteiger partial charge in [-0.05, 0) is 26.3 Å². The molecule has 2 aliphatic rings. The smallest absolute Gasteiger partial charge is 0.388 e. The highest BCUT2D eigenvalue weighted by Gasteiger charge is 2.39. The van der Waals surface area contributed by atoms with E-state index in [-0.39, 0.29) is 6.04 Å². The molecule has 2 atom stereocenters. The van der Waals surface area contributed by atoms with E-state index in [1.54, 1.807) is 0 Å². The van der Waals surface area contributed by atoms with Gasteiger partial charge < -0.3 is 10.0 Å². The number of nitrogens with zero attached hydrogens (tertiary/aromatic N) is 3. The molecule has 3 heterocycles. The van der Waals surface area contributed by atoms with Crippen molar-refractivity contribution in [2.75, 3.05) is 24.5 Å². The molecule has 0 saturated carbocycles. The van der Waals surface area contributed by atoms with Crippen molar-refractivity contribution in [1.82, 2.24) is 9.88 Å². The number of aliphatic hydroxyl groups is 1. The van der Waals surface area contributed by atoms with E-state index in [0.717, 1.165) is 31.9 Å². The Balaban J connectivity index is 1.91. The number of hydrogen-bond acceptors (Lipinski definition) is 4. The Morgan fingerprint density at radius 1 is 1.32 bits per heavy atom. The van der Waals surface area contributed by atoms with E-state index in [4.69, 9.17) is 0 Å². The summed E-state index contributed by atoms with van der Waals surface area (Å²) in [6.45, 7) is 6.62. The maximum absolute atomic E-state index is 12.8. The normalized spacial score (nSPS) is 26.0. The molecule has 0 radical (unpaired) electrons. The topological polar surface area (TPSA) is 39.6 Å². The quantitative estimate of drug-likeness (QED) is 0.864. The van der Waals surface area contributed by atoms with Crippen LogP contribution in [0.1, 0.15) is 37.5 Å². The molecule has 22 heavy (non-hydrogen) atoms. The monoisotopic (exact) mass is 315 g/mol. The van der Waals surface area contributed by atoms with Crippen LogP contribution < -0.4 is 4.90 Å². The van der Waals surface area contributed by atoms with Gasteiger partial charge in [-0.3, -0.25) is 4.90 Å². The van der Waals surface area contributed by atoms with Crippen molar-refractivity contribution in [2.24, 2.45) is 0 Å². The number of piperazine rings is 1. The number of fused-ring (bicyclic) bond motifs is 3. The van der Waals surface area contributed by atoms with E-state index in [1.807, 2.05) is 4.90 Å². The molecule has 122 valence electrons. The number of aromatic nitrogens is 1. The van der Waals surface area contributed by atoms with Gasteiger partial charge in [-0.15, -0.1) is 0 Å². The zero-order valence-corrected chi connectivity index (χ0v) is 12.6. The van der Waals surface area contributed by atoms with Gasteiger partial charge in [0.25, 0.3) is 0 Å². The zero-order valence-electron chi connectivity index (χ0n) is 12.6.